The molecule has 0 aliphatic carbocycles. The third kappa shape index (κ3) is 4.98. The summed E-state index contributed by atoms with van der Waals surface area (Å²) in [5.74, 6) is -0.0632. The van der Waals surface area contributed by atoms with Gasteiger partial charge >= 0.3 is 0 Å². The molecule has 1 aliphatic heterocycles. The fourth-order valence-corrected chi connectivity index (χ4v) is 5.03. The molecule has 0 spiro atoms. The number of fused-ring (bicyclic) bond motifs is 1. The second kappa shape index (κ2) is 7.37. The molecule has 7 heteroatoms. The van der Waals surface area contributed by atoms with E-state index in [0.29, 0.717) is 6.54 Å². The Balaban J connectivity index is 1.72. The van der Waals surface area contributed by atoms with Crippen molar-refractivity contribution in [2.24, 2.45) is 0 Å². The SMILES string of the molecule is CC(C)(CN1CCNCC1)NS(=O)(=O)Cc1cccc2cccnc12. The van der Waals surface area contributed by atoms with Gasteiger partial charge in [0.15, 0.2) is 0 Å². The van der Waals surface area contributed by atoms with Crippen molar-refractivity contribution in [1.29, 1.82) is 0 Å². The van der Waals surface area contributed by atoms with Crippen LogP contribution in [0.2, 0.25) is 0 Å². The molecule has 2 heterocycles. The molecule has 25 heavy (non-hydrogen) atoms. The van der Waals surface area contributed by atoms with Gasteiger partial charge in [-0.2, -0.15) is 0 Å². The molecule has 1 saturated heterocycles. The molecular weight excluding hydrogens is 336 g/mol. The minimum atomic E-state index is -3.47. The van der Waals surface area contributed by atoms with Crippen molar-refractivity contribution in [2.75, 3.05) is 32.7 Å². The fraction of sp³-hybridized carbons (Fsp3) is 0.500. The van der Waals surface area contributed by atoms with Gasteiger partial charge in [-0.15, -0.1) is 0 Å². The number of aromatic nitrogens is 1. The second-order valence-corrected chi connectivity index (χ2v) is 8.99. The van der Waals surface area contributed by atoms with Crippen LogP contribution in [-0.4, -0.2) is 56.6 Å². The van der Waals surface area contributed by atoms with Crippen LogP contribution in [0.25, 0.3) is 10.9 Å². The summed E-state index contributed by atoms with van der Waals surface area (Å²) in [5.41, 5.74) is 0.952. The summed E-state index contributed by atoms with van der Waals surface area (Å²) >= 11 is 0. The summed E-state index contributed by atoms with van der Waals surface area (Å²) in [6.07, 6.45) is 1.69. The molecule has 1 aromatic carbocycles. The van der Waals surface area contributed by atoms with Gasteiger partial charge < -0.3 is 5.32 Å². The molecule has 6 nitrogen and oxygen atoms in total. The molecule has 2 aromatic rings. The third-order valence-electron chi connectivity index (χ3n) is 4.32. The van der Waals surface area contributed by atoms with Gasteiger partial charge in [-0.25, -0.2) is 13.1 Å². The number of nitrogens with zero attached hydrogens (tertiary/aromatic N) is 2. The Morgan fingerprint density at radius 2 is 1.92 bits per heavy atom. The van der Waals surface area contributed by atoms with Crippen molar-refractivity contribution in [2.45, 2.75) is 25.1 Å². The zero-order valence-corrected chi connectivity index (χ0v) is 15.6. The van der Waals surface area contributed by atoms with E-state index in [-0.39, 0.29) is 5.75 Å². The highest BCUT2D eigenvalue weighted by Crippen LogP contribution is 2.19. The van der Waals surface area contributed by atoms with Crippen molar-refractivity contribution < 1.29 is 8.42 Å². The zero-order valence-electron chi connectivity index (χ0n) is 14.8. The lowest BCUT2D eigenvalue weighted by atomic mass is 10.1. The summed E-state index contributed by atoms with van der Waals surface area (Å²) in [4.78, 5) is 6.64. The van der Waals surface area contributed by atoms with Crippen molar-refractivity contribution in [3.05, 3.63) is 42.1 Å². The van der Waals surface area contributed by atoms with Crippen LogP contribution in [0, 0.1) is 0 Å². The minimum absolute atomic E-state index is 0.0632. The standard InChI is InChI=1S/C18H26N4O2S/c1-18(2,14-22-11-9-19-10-12-22)21-25(23,24)13-16-6-3-5-15-7-4-8-20-17(15)16/h3-8,19,21H,9-14H2,1-2H3. The number of pyridine rings is 1. The van der Waals surface area contributed by atoms with E-state index in [9.17, 15) is 8.42 Å². The fourth-order valence-electron chi connectivity index (χ4n) is 3.41. The molecule has 0 amide bonds. The Morgan fingerprint density at radius 1 is 1.20 bits per heavy atom. The minimum Gasteiger partial charge on any atom is -0.314 e. The largest absolute Gasteiger partial charge is 0.314 e. The number of nitrogens with one attached hydrogen (secondary N) is 2. The van der Waals surface area contributed by atoms with Gasteiger partial charge in [0.05, 0.1) is 11.3 Å². The van der Waals surface area contributed by atoms with Gasteiger partial charge in [0, 0.05) is 49.8 Å². The molecule has 0 saturated carbocycles. The number of piperazine rings is 1. The van der Waals surface area contributed by atoms with E-state index >= 15 is 0 Å². The lowest BCUT2D eigenvalue weighted by Gasteiger charge is -2.35. The normalized spacial score (nSPS) is 17.0. The number of sulfonamides is 1. The molecule has 0 unspecified atom stereocenters. The Morgan fingerprint density at radius 3 is 2.68 bits per heavy atom. The van der Waals surface area contributed by atoms with E-state index in [2.05, 4.69) is 19.9 Å². The molecule has 1 aliphatic rings. The smallest absolute Gasteiger partial charge is 0.216 e. The first-order valence-electron chi connectivity index (χ1n) is 8.62. The maximum Gasteiger partial charge on any atom is 0.216 e. The van der Waals surface area contributed by atoms with Gasteiger partial charge in [-0.1, -0.05) is 24.3 Å². The summed E-state index contributed by atoms with van der Waals surface area (Å²) in [5, 5.41) is 4.27. The maximum absolute atomic E-state index is 12.7. The molecule has 0 atom stereocenters. The lowest BCUT2D eigenvalue weighted by Crippen LogP contribution is -2.55. The average Bonchev–Trinajstić information content (AvgIpc) is 2.54. The van der Waals surface area contributed by atoms with Crippen LogP contribution in [-0.2, 0) is 15.8 Å². The quantitative estimate of drug-likeness (QED) is 0.811. The highest BCUT2D eigenvalue weighted by atomic mass is 32.2. The average molecular weight is 362 g/mol. The topological polar surface area (TPSA) is 74.3 Å². The molecule has 0 radical (unpaired) electrons. The summed E-state index contributed by atoms with van der Waals surface area (Å²) in [6.45, 7) is 8.36. The number of para-hydroxylation sites is 1. The van der Waals surface area contributed by atoms with Crippen LogP contribution in [0.1, 0.15) is 19.4 Å². The maximum atomic E-state index is 12.7. The number of hydrogen-bond donors (Lipinski definition) is 2. The first-order chi connectivity index (χ1) is 11.8. The zero-order chi connectivity index (χ0) is 17.9. The van der Waals surface area contributed by atoms with E-state index in [1.54, 1.807) is 6.20 Å². The van der Waals surface area contributed by atoms with Crippen LogP contribution in [0.4, 0.5) is 0 Å². The van der Waals surface area contributed by atoms with Gasteiger partial charge in [-0.05, 0) is 25.5 Å². The molecule has 136 valence electrons. The third-order valence-corrected chi connectivity index (χ3v) is 5.88. The first-order valence-corrected chi connectivity index (χ1v) is 10.3. The van der Waals surface area contributed by atoms with Gasteiger partial charge in [0.2, 0.25) is 10.0 Å². The lowest BCUT2D eigenvalue weighted by molar-refractivity contribution is 0.194. The predicted molar refractivity (Wildman–Crippen MR) is 101 cm³/mol. The van der Waals surface area contributed by atoms with Crippen molar-refractivity contribution in [1.82, 2.24) is 19.9 Å². The number of rotatable bonds is 6. The van der Waals surface area contributed by atoms with E-state index in [0.717, 1.165) is 42.6 Å². The van der Waals surface area contributed by atoms with Crippen LogP contribution in [0.5, 0.6) is 0 Å². The van der Waals surface area contributed by atoms with Crippen LogP contribution < -0.4 is 10.0 Å². The highest BCUT2D eigenvalue weighted by Gasteiger charge is 2.28. The molecule has 3 rings (SSSR count). The van der Waals surface area contributed by atoms with Crippen molar-refractivity contribution >= 4 is 20.9 Å². The Labute approximate surface area is 149 Å². The van der Waals surface area contributed by atoms with E-state index < -0.39 is 15.6 Å². The number of benzene rings is 1. The molecule has 1 aromatic heterocycles. The highest BCUT2D eigenvalue weighted by molar-refractivity contribution is 7.88. The molecule has 2 N–H and O–H groups in total. The Kier molecular flexibility index (Phi) is 5.38. The van der Waals surface area contributed by atoms with Crippen LogP contribution >= 0.6 is 0 Å². The second-order valence-electron chi connectivity index (χ2n) is 7.26. The first kappa shape index (κ1) is 18.3. The predicted octanol–water partition coefficient (Wildman–Crippen LogP) is 1.34. The van der Waals surface area contributed by atoms with Crippen LogP contribution in [0.15, 0.2) is 36.5 Å². The number of hydrogen-bond acceptors (Lipinski definition) is 5. The van der Waals surface area contributed by atoms with Gasteiger partial charge in [0.1, 0.15) is 0 Å². The molecule has 1 fully saturated rings. The van der Waals surface area contributed by atoms with Crippen molar-refractivity contribution in [3.63, 3.8) is 0 Å². The Hall–Kier alpha value is -1.54. The van der Waals surface area contributed by atoms with Gasteiger partial charge in [0.25, 0.3) is 0 Å². The molecular formula is C18H26N4O2S. The van der Waals surface area contributed by atoms with Crippen LogP contribution in [0.3, 0.4) is 0 Å². The monoisotopic (exact) mass is 362 g/mol. The van der Waals surface area contributed by atoms with E-state index in [4.69, 9.17) is 0 Å². The molecule has 0 bridgehead atoms. The Bertz CT molecular complexity index is 825. The summed E-state index contributed by atoms with van der Waals surface area (Å²) in [7, 11) is -3.47. The van der Waals surface area contributed by atoms with Crippen molar-refractivity contribution in [3.8, 4) is 0 Å². The van der Waals surface area contributed by atoms with E-state index in [1.165, 1.54) is 0 Å². The van der Waals surface area contributed by atoms with E-state index in [1.807, 2.05) is 44.2 Å². The van der Waals surface area contributed by atoms with Gasteiger partial charge in [-0.3, -0.25) is 9.88 Å². The summed E-state index contributed by atoms with van der Waals surface area (Å²) in [6, 6.07) is 9.45. The summed E-state index contributed by atoms with van der Waals surface area (Å²) < 4.78 is 28.3.